The van der Waals surface area contributed by atoms with Crippen LogP contribution in [0.25, 0.3) is 6.08 Å². The summed E-state index contributed by atoms with van der Waals surface area (Å²) in [6.07, 6.45) is 1.61. The fourth-order valence-corrected chi connectivity index (χ4v) is 3.72. The molecule has 7 nitrogen and oxygen atoms in total. The lowest BCUT2D eigenvalue weighted by Crippen LogP contribution is -2.12. The third-order valence-electron chi connectivity index (χ3n) is 3.81. The van der Waals surface area contributed by atoms with Crippen molar-refractivity contribution >= 4 is 51.8 Å². The Balaban J connectivity index is 2.01. The number of ether oxygens (including phenoxy) is 1. The summed E-state index contributed by atoms with van der Waals surface area (Å²) in [6.45, 7) is 1.81. The molecule has 0 fully saturated rings. The number of aliphatic hydroxyl groups is 1. The molecule has 0 saturated carbocycles. The van der Waals surface area contributed by atoms with Crippen LogP contribution in [-0.4, -0.2) is 27.6 Å². The van der Waals surface area contributed by atoms with Crippen molar-refractivity contribution in [1.29, 1.82) is 0 Å². The summed E-state index contributed by atoms with van der Waals surface area (Å²) in [5, 5.41) is 22.2. The number of nitro benzene ring substituents is 1. The Bertz CT molecular complexity index is 1060. The third-order valence-corrected chi connectivity index (χ3v) is 5.07. The quantitative estimate of drug-likeness (QED) is 0.385. The second-order valence-electron chi connectivity index (χ2n) is 5.80. The number of rotatable bonds is 5. The van der Waals surface area contributed by atoms with Gasteiger partial charge < -0.3 is 9.84 Å². The molecule has 0 radical (unpaired) electrons. The van der Waals surface area contributed by atoms with Crippen LogP contribution >= 0.6 is 23.4 Å². The molecule has 1 N–H and O–H groups in total. The first-order valence-electron chi connectivity index (χ1n) is 8.48. The summed E-state index contributed by atoms with van der Waals surface area (Å²) >= 11 is 7.09. The minimum absolute atomic E-state index is 0.0370. The first-order chi connectivity index (χ1) is 13.9. The zero-order valence-corrected chi connectivity index (χ0v) is 16.7. The fourth-order valence-electron chi connectivity index (χ4n) is 2.50. The van der Waals surface area contributed by atoms with E-state index in [1.165, 1.54) is 12.1 Å². The van der Waals surface area contributed by atoms with Crippen LogP contribution in [0.15, 0.2) is 69.8 Å². The lowest BCUT2D eigenvalue weighted by atomic mass is 10.1. The minimum Gasteiger partial charge on any atom is -0.506 e. The van der Waals surface area contributed by atoms with Crippen LogP contribution in [0.3, 0.4) is 0 Å². The summed E-state index contributed by atoms with van der Waals surface area (Å²) in [5.74, 6) is -0.946. The Labute approximate surface area is 175 Å². The van der Waals surface area contributed by atoms with Crippen molar-refractivity contribution in [3.8, 4) is 0 Å². The smallest absolute Gasteiger partial charge is 0.344 e. The van der Waals surface area contributed by atoms with Crippen LogP contribution in [0, 0.1) is 10.1 Å². The van der Waals surface area contributed by atoms with E-state index in [9.17, 15) is 20.0 Å². The maximum atomic E-state index is 12.4. The number of aliphatic hydroxyl groups excluding tert-OH is 1. The van der Waals surface area contributed by atoms with E-state index < -0.39 is 10.9 Å². The van der Waals surface area contributed by atoms with Gasteiger partial charge in [0.25, 0.3) is 5.69 Å². The van der Waals surface area contributed by atoms with E-state index in [-0.39, 0.29) is 28.7 Å². The summed E-state index contributed by atoms with van der Waals surface area (Å²) in [5.41, 5.74) is 1.06. The molecule has 148 valence electrons. The van der Waals surface area contributed by atoms with E-state index in [1.54, 1.807) is 49.4 Å². The van der Waals surface area contributed by atoms with Crippen molar-refractivity contribution in [3.63, 3.8) is 0 Å². The Morgan fingerprint density at radius 1 is 1.31 bits per heavy atom. The van der Waals surface area contributed by atoms with Gasteiger partial charge in [0, 0.05) is 17.2 Å². The molecule has 0 atom stereocenters. The van der Waals surface area contributed by atoms with Crippen LogP contribution in [0.1, 0.15) is 12.5 Å². The number of nitro groups is 1. The zero-order chi connectivity index (χ0) is 21.0. The molecule has 1 aliphatic rings. The Hall–Kier alpha value is -3.10. The molecule has 0 aliphatic carbocycles. The lowest BCUT2D eigenvalue weighted by Gasteiger charge is -2.04. The number of benzene rings is 2. The van der Waals surface area contributed by atoms with Gasteiger partial charge in [0.2, 0.25) is 0 Å². The summed E-state index contributed by atoms with van der Waals surface area (Å²) < 4.78 is 5.05. The summed E-state index contributed by atoms with van der Waals surface area (Å²) in [7, 11) is 0. The molecular formula is C20H15ClN2O5S. The number of nitrogens with zero attached hydrogens (tertiary/aromatic N) is 2. The van der Waals surface area contributed by atoms with E-state index >= 15 is 0 Å². The second-order valence-corrected chi connectivity index (χ2v) is 7.27. The van der Waals surface area contributed by atoms with Crippen molar-refractivity contribution in [2.75, 3.05) is 6.61 Å². The molecule has 9 heteroatoms. The van der Waals surface area contributed by atoms with E-state index in [2.05, 4.69) is 4.99 Å². The van der Waals surface area contributed by atoms with Gasteiger partial charge in [-0.25, -0.2) is 9.79 Å². The highest BCUT2D eigenvalue weighted by Crippen LogP contribution is 2.40. The number of aliphatic imine (C=N–C) groups is 1. The van der Waals surface area contributed by atoms with E-state index in [0.29, 0.717) is 21.2 Å². The minimum atomic E-state index is -0.689. The van der Waals surface area contributed by atoms with Gasteiger partial charge in [-0.05, 0) is 48.9 Å². The number of hydrogen-bond acceptors (Lipinski definition) is 7. The molecule has 2 aromatic carbocycles. The van der Waals surface area contributed by atoms with E-state index in [4.69, 9.17) is 16.3 Å². The van der Waals surface area contributed by atoms with Gasteiger partial charge in [-0.15, -0.1) is 0 Å². The van der Waals surface area contributed by atoms with Gasteiger partial charge in [0.15, 0.2) is 0 Å². The molecule has 0 saturated heterocycles. The molecule has 1 aliphatic heterocycles. The third kappa shape index (κ3) is 4.85. The number of halogens is 1. The normalized spacial score (nSPS) is 16.5. The van der Waals surface area contributed by atoms with E-state index in [0.717, 1.165) is 11.8 Å². The topological polar surface area (TPSA) is 102 Å². The number of non-ortho nitro benzene ring substituents is 1. The molecule has 0 aromatic heterocycles. The van der Waals surface area contributed by atoms with Crippen LogP contribution in [0.2, 0.25) is 5.02 Å². The van der Waals surface area contributed by atoms with Crippen molar-refractivity contribution in [1.82, 2.24) is 0 Å². The molecule has 3 rings (SSSR count). The fraction of sp³-hybridized carbons (Fsp3) is 0.100. The molecular weight excluding hydrogens is 416 g/mol. The van der Waals surface area contributed by atoms with E-state index in [1.807, 2.05) is 0 Å². The molecule has 0 unspecified atom stereocenters. The van der Waals surface area contributed by atoms with Crippen molar-refractivity contribution in [2.24, 2.45) is 4.99 Å². The van der Waals surface area contributed by atoms with Gasteiger partial charge in [-0.3, -0.25) is 10.1 Å². The molecule has 0 amide bonds. The maximum Gasteiger partial charge on any atom is 0.344 e. The predicted octanol–water partition coefficient (Wildman–Crippen LogP) is 5.44. The number of esters is 1. The molecule has 1 heterocycles. The van der Waals surface area contributed by atoms with Gasteiger partial charge in [0.05, 0.1) is 22.1 Å². The van der Waals surface area contributed by atoms with Gasteiger partial charge in [-0.2, -0.15) is 0 Å². The Morgan fingerprint density at radius 3 is 2.66 bits per heavy atom. The van der Waals surface area contributed by atoms with Crippen LogP contribution < -0.4 is 0 Å². The van der Waals surface area contributed by atoms with Crippen LogP contribution in [0.4, 0.5) is 11.4 Å². The monoisotopic (exact) mass is 430 g/mol. The van der Waals surface area contributed by atoms with Gasteiger partial charge in [0.1, 0.15) is 16.4 Å². The molecule has 0 spiro atoms. The van der Waals surface area contributed by atoms with Crippen LogP contribution in [-0.2, 0) is 9.53 Å². The number of hydrogen-bond donors (Lipinski definition) is 1. The lowest BCUT2D eigenvalue weighted by molar-refractivity contribution is -0.384. The molecule has 0 bridgehead atoms. The number of carbonyl (C=O) groups is 1. The summed E-state index contributed by atoms with van der Waals surface area (Å²) in [4.78, 5) is 27.5. The van der Waals surface area contributed by atoms with Crippen LogP contribution in [0.5, 0.6) is 0 Å². The standard InChI is InChI=1S/C20H15ClN2O5S/c1-2-28-20(25)17-18(24)16(10-12-6-8-15(9-7-12)23(26)27)29-19(17)22-14-5-3-4-13(21)11-14/h3-11,24H,2H2,1H3/b16-10+,22-19?. The number of thioether (sulfide) groups is 1. The predicted molar refractivity (Wildman–Crippen MR) is 113 cm³/mol. The average molecular weight is 431 g/mol. The zero-order valence-electron chi connectivity index (χ0n) is 15.2. The highest BCUT2D eigenvalue weighted by Gasteiger charge is 2.33. The van der Waals surface area contributed by atoms with Gasteiger partial charge in [-0.1, -0.05) is 29.4 Å². The van der Waals surface area contributed by atoms with Crippen molar-refractivity contribution in [2.45, 2.75) is 6.92 Å². The Morgan fingerprint density at radius 2 is 2.03 bits per heavy atom. The highest BCUT2D eigenvalue weighted by atomic mass is 35.5. The summed E-state index contributed by atoms with van der Waals surface area (Å²) in [6, 6.07) is 12.6. The van der Waals surface area contributed by atoms with Crippen molar-refractivity contribution in [3.05, 3.63) is 85.5 Å². The SMILES string of the molecule is CCOC(=O)C1=C(O)/C(=C\c2ccc([N+](=O)[O-])cc2)SC1=Nc1cccc(Cl)c1. The maximum absolute atomic E-state index is 12.4. The largest absolute Gasteiger partial charge is 0.506 e. The second kappa shape index (κ2) is 8.93. The first kappa shape index (κ1) is 20.6. The first-order valence-corrected chi connectivity index (χ1v) is 9.68. The van der Waals surface area contributed by atoms with Gasteiger partial charge >= 0.3 is 5.97 Å². The molecule has 2 aromatic rings. The Kier molecular flexibility index (Phi) is 6.36. The van der Waals surface area contributed by atoms with Crippen molar-refractivity contribution < 1.29 is 19.6 Å². The number of carbonyl (C=O) groups excluding carboxylic acids is 1. The highest BCUT2D eigenvalue weighted by molar-refractivity contribution is 8.18. The average Bonchev–Trinajstić information content (AvgIpc) is 2.97. The molecule has 29 heavy (non-hydrogen) atoms.